The Morgan fingerprint density at radius 2 is 2.17 bits per heavy atom. The zero-order chi connectivity index (χ0) is 9.30. The van der Waals surface area contributed by atoms with E-state index >= 15 is 0 Å². The van der Waals surface area contributed by atoms with Crippen molar-refractivity contribution in [2.45, 2.75) is 6.92 Å². The number of carbonyl (C=O) groups excluding carboxylic acids is 3. The van der Waals surface area contributed by atoms with Crippen molar-refractivity contribution in [2.75, 3.05) is 5.75 Å². The summed E-state index contributed by atoms with van der Waals surface area (Å²) in [6.07, 6.45) is 0. The molecule has 0 aromatic heterocycles. The summed E-state index contributed by atoms with van der Waals surface area (Å²) in [5.74, 6) is -1.01. The predicted molar refractivity (Wildman–Crippen MR) is 44.5 cm³/mol. The number of rotatable bonds is 1. The van der Waals surface area contributed by atoms with Crippen LogP contribution < -0.4 is 0 Å². The Morgan fingerprint density at radius 1 is 1.58 bits per heavy atom. The van der Waals surface area contributed by atoms with Gasteiger partial charge in [-0.25, -0.2) is 4.90 Å². The number of hydrogen-bond acceptors (Lipinski definition) is 4. The number of imide groups is 3. The molecule has 0 unspecified atom stereocenters. The summed E-state index contributed by atoms with van der Waals surface area (Å²) in [7, 11) is 0. The molecule has 1 saturated heterocycles. The number of hydrogen-bond donors (Lipinski definition) is 0. The number of nitrogens with zero attached hydrogens (tertiary/aromatic N) is 1. The Hall–Kier alpha value is -1.10. The maximum Gasteiger partial charge on any atom is 0.295 e. The minimum absolute atomic E-state index is 0.0534. The van der Waals surface area contributed by atoms with E-state index in [9.17, 15) is 14.4 Å². The second-order valence-electron chi connectivity index (χ2n) is 2.37. The molecule has 1 fully saturated rings. The summed E-state index contributed by atoms with van der Waals surface area (Å²) in [5.41, 5.74) is 0.194. The molecule has 0 aromatic rings. The number of carbonyl (C=O) groups is 3. The molecule has 0 bridgehead atoms. The molecule has 1 aliphatic heterocycles. The van der Waals surface area contributed by atoms with Gasteiger partial charge in [-0.1, -0.05) is 18.3 Å². The molecule has 4 nitrogen and oxygen atoms in total. The first-order chi connectivity index (χ1) is 5.54. The van der Waals surface area contributed by atoms with Crippen molar-refractivity contribution in [1.82, 2.24) is 4.90 Å². The fraction of sp³-hybridized carbons (Fsp3) is 0.286. The standard InChI is InChI=1S/C7H7NO3S/c1-4(2)6(10)8-5(9)3-12-7(8)11/h1,3H2,2H3. The third kappa shape index (κ3) is 1.40. The third-order valence-corrected chi connectivity index (χ3v) is 2.14. The lowest BCUT2D eigenvalue weighted by atomic mass is 10.3. The highest BCUT2D eigenvalue weighted by Crippen LogP contribution is 2.20. The molecule has 5 heteroatoms. The van der Waals surface area contributed by atoms with Crippen molar-refractivity contribution in [1.29, 1.82) is 0 Å². The van der Waals surface area contributed by atoms with Crippen molar-refractivity contribution >= 4 is 28.8 Å². The first-order valence-electron chi connectivity index (χ1n) is 3.23. The molecular formula is C7H7NO3S. The molecule has 1 rings (SSSR count). The van der Waals surface area contributed by atoms with Gasteiger partial charge in [-0.05, 0) is 6.92 Å². The van der Waals surface area contributed by atoms with Crippen molar-refractivity contribution < 1.29 is 14.4 Å². The van der Waals surface area contributed by atoms with Gasteiger partial charge < -0.3 is 0 Å². The van der Waals surface area contributed by atoms with Gasteiger partial charge in [-0.15, -0.1) is 0 Å². The van der Waals surface area contributed by atoms with Gasteiger partial charge in [-0.3, -0.25) is 14.4 Å². The Bertz CT molecular complexity index is 268. The fourth-order valence-corrected chi connectivity index (χ4v) is 1.43. The van der Waals surface area contributed by atoms with Crippen LogP contribution in [0.5, 0.6) is 0 Å². The molecule has 3 amide bonds. The van der Waals surface area contributed by atoms with Gasteiger partial charge in [0.25, 0.3) is 11.1 Å². The van der Waals surface area contributed by atoms with Crippen LogP contribution in [0.1, 0.15) is 6.92 Å². The van der Waals surface area contributed by atoms with E-state index in [0.717, 1.165) is 11.8 Å². The van der Waals surface area contributed by atoms with Crippen LogP contribution in [-0.2, 0) is 9.59 Å². The van der Waals surface area contributed by atoms with E-state index in [1.54, 1.807) is 0 Å². The first-order valence-corrected chi connectivity index (χ1v) is 4.22. The summed E-state index contributed by atoms with van der Waals surface area (Å²) in [5, 5.41) is -0.506. The molecule has 1 aliphatic rings. The minimum atomic E-state index is -0.602. The largest absolute Gasteiger partial charge is 0.295 e. The van der Waals surface area contributed by atoms with Crippen LogP contribution in [0, 0.1) is 0 Å². The number of thioether (sulfide) groups is 1. The van der Waals surface area contributed by atoms with Crippen LogP contribution in [-0.4, -0.2) is 27.7 Å². The van der Waals surface area contributed by atoms with E-state index in [2.05, 4.69) is 6.58 Å². The molecule has 0 atom stereocenters. The zero-order valence-electron chi connectivity index (χ0n) is 6.49. The van der Waals surface area contributed by atoms with E-state index < -0.39 is 17.1 Å². The SMILES string of the molecule is C=C(C)C(=O)N1C(=O)CSC1=O. The second-order valence-corrected chi connectivity index (χ2v) is 3.30. The van der Waals surface area contributed by atoms with Crippen LogP contribution in [0.3, 0.4) is 0 Å². The van der Waals surface area contributed by atoms with Crippen molar-refractivity contribution in [3.63, 3.8) is 0 Å². The molecule has 64 valence electrons. The van der Waals surface area contributed by atoms with Gasteiger partial charge in [0.1, 0.15) is 0 Å². The highest BCUT2D eigenvalue weighted by molar-refractivity contribution is 8.14. The summed E-state index contributed by atoms with van der Waals surface area (Å²) in [6, 6.07) is 0. The molecule has 12 heavy (non-hydrogen) atoms. The third-order valence-electron chi connectivity index (χ3n) is 1.32. The van der Waals surface area contributed by atoms with E-state index in [0.29, 0.717) is 4.90 Å². The number of amides is 3. The van der Waals surface area contributed by atoms with E-state index in [4.69, 9.17) is 0 Å². The van der Waals surface area contributed by atoms with Crippen molar-refractivity contribution in [3.8, 4) is 0 Å². The molecule has 1 heterocycles. The van der Waals surface area contributed by atoms with Crippen molar-refractivity contribution in [3.05, 3.63) is 12.2 Å². The molecule has 0 N–H and O–H groups in total. The van der Waals surface area contributed by atoms with Gasteiger partial charge in [0.05, 0.1) is 5.75 Å². The Kier molecular flexibility index (Phi) is 2.32. The summed E-state index contributed by atoms with van der Waals surface area (Å²) in [6.45, 7) is 4.83. The monoisotopic (exact) mass is 185 g/mol. The second kappa shape index (κ2) is 3.10. The maximum absolute atomic E-state index is 11.1. The van der Waals surface area contributed by atoms with Crippen LogP contribution in [0.2, 0.25) is 0 Å². The van der Waals surface area contributed by atoms with E-state index in [1.165, 1.54) is 6.92 Å². The lowest BCUT2D eigenvalue weighted by Crippen LogP contribution is -2.35. The zero-order valence-corrected chi connectivity index (χ0v) is 7.31. The molecular weight excluding hydrogens is 178 g/mol. The lowest BCUT2D eigenvalue weighted by Gasteiger charge is -2.09. The highest BCUT2D eigenvalue weighted by atomic mass is 32.2. The van der Waals surface area contributed by atoms with Gasteiger partial charge in [-0.2, -0.15) is 0 Å². The topological polar surface area (TPSA) is 54.5 Å². The predicted octanol–water partition coefficient (Wildman–Crippen LogP) is 0.784. The molecule has 0 aliphatic carbocycles. The Labute approximate surface area is 73.6 Å². The molecule has 0 radical (unpaired) electrons. The van der Waals surface area contributed by atoms with Crippen LogP contribution >= 0.6 is 11.8 Å². The Morgan fingerprint density at radius 3 is 2.50 bits per heavy atom. The summed E-state index contributed by atoms with van der Waals surface area (Å²) < 4.78 is 0. The molecule has 0 saturated carbocycles. The first kappa shape index (κ1) is 8.99. The van der Waals surface area contributed by atoms with Crippen LogP contribution in [0.25, 0.3) is 0 Å². The van der Waals surface area contributed by atoms with E-state index in [1.807, 2.05) is 0 Å². The minimum Gasteiger partial charge on any atom is -0.273 e. The van der Waals surface area contributed by atoms with Gasteiger partial charge in [0, 0.05) is 5.57 Å². The quantitative estimate of drug-likeness (QED) is 0.566. The average molecular weight is 185 g/mol. The Balaban J connectivity index is 2.87. The lowest BCUT2D eigenvalue weighted by molar-refractivity contribution is -0.135. The van der Waals surface area contributed by atoms with Crippen LogP contribution in [0.15, 0.2) is 12.2 Å². The molecule has 0 spiro atoms. The normalized spacial score (nSPS) is 16.9. The highest BCUT2D eigenvalue weighted by Gasteiger charge is 2.35. The molecule has 0 aromatic carbocycles. The average Bonchev–Trinajstić information content (AvgIpc) is 2.30. The van der Waals surface area contributed by atoms with Gasteiger partial charge >= 0.3 is 0 Å². The smallest absolute Gasteiger partial charge is 0.273 e. The van der Waals surface area contributed by atoms with Gasteiger partial charge in [0.2, 0.25) is 5.91 Å². The van der Waals surface area contributed by atoms with Crippen LogP contribution in [0.4, 0.5) is 4.79 Å². The van der Waals surface area contributed by atoms with E-state index in [-0.39, 0.29) is 11.3 Å². The summed E-state index contributed by atoms with van der Waals surface area (Å²) >= 11 is 0.835. The van der Waals surface area contributed by atoms with Crippen molar-refractivity contribution in [2.24, 2.45) is 0 Å². The summed E-state index contributed by atoms with van der Waals surface area (Å²) in [4.78, 5) is 33.7. The maximum atomic E-state index is 11.1. The van der Waals surface area contributed by atoms with Gasteiger partial charge in [0.15, 0.2) is 0 Å². The fourth-order valence-electron chi connectivity index (χ4n) is 0.741.